The number of hydrogen-bond acceptors (Lipinski definition) is 11. The average Bonchev–Trinajstić information content (AvgIpc) is 3.43. The molecule has 0 spiro atoms. The molecule has 0 atom stereocenters. The lowest BCUT2D eigenvalue weighted by molar-refractivity contribution is -0.132. The molecule has 2 saturated heterocycles. The predicted octanol–water partition coefficient (Wildman–Crippen LogP) is 0.726. The minimum atomic E-state index is 0.140. The van der Waals surface area contributed by atoms with Crippen LogP contribution >= 0.6 is 0 Å². The van der Waals surface area contributed by atoms with Gasteiger partial charge in [-0.25, -0.2) is 15.0 Å². The number of aliphatic hydroxyl groups excluding tert-OH is 1. The number of carbonyl (C=O) groups excluding carboxylic acids is 1. The monoisotopic (exact) mass is 545 g/mol. The maximum Gasteiger partial charge on any atom is 0.228 e. The number of rotatable bonds is 7. The number of anilines is 4. The van der Waals surface area contributed by atoms with Gasteiger partial charge in [-0.05, 0) is 24.1 Å². The van der Waals surface area contributed by atoms with Crippen molar-refractivity contribution in [2.75, 3.05) is 87.7 Å². The van der Waals surface area contributed by atoms with Gasteiger partial charge in [0.2, 0.25) is 17.8 Å². The van der Waals surface area contributed by atoms with Crippen molar-refractivity contribution in [3.8, 4) is 11.3 Å². The summed E-state index contributed by atoms with van der Waals surface area (Å²) in [5.74, 6) is 1.92. The van der Waals surface area contributed by atoms with E-state index in [0.717, 1.165) is 73.0 Å². The van der Waals surface area contributed by atoms with E-state index in [1.54, 1.807) is 12.4 Å². The zero-order chi connectivity index (χ0) is 27.5. The summed E-state index contributed by atoms with van der Waals surface area (Å²) in [4.78, 5) is 39.8. The molecule has 0 unspecified atom stereocenters. The van der Waals surface area contributed by atoms with Gasteiger partial charge in [0.15, 0.2) is 0 Å². The van der Waals surface area contributed by atoms with Crippen molar-refractivity contribution < 1.29 is 14.6 Å². The third-order valence-electron chi connectivity index (χ3n) is 7.80. The van der Waals surface area contributed by atoms with Crippen LogP contribution in [0.25, 0.3) is 11.3 Å². The second-order valence-corrected chi connectivity index (χ2v) is 10.3. The molecule has 210 valence electrons. The van der Waals surface area contributed by atoms with E-state index < -0.39 is 0 Å². The van der Waals surface area contributed by atoms with Crippen LogP contribution in [0.2, 0.25) is 0 Å². The van der Waals surface area contributed by atoms with Gasteiger partial charge in [0.25, 0.3) is 0 Å². The standard InChI is InChI=1S/C28H35N9O3/c29-27-30-18-21(19-31-27)25-23-5-6-37(26(23)33-28(32-25)36-12-15-40-16-13-36)22-3-1-20(2-4-22)17-24(39)35-9-7-34(8-10-35)11-14-38/h1-4,18-19,38H,5-17H2,(H2,29,30,31). The van der Waals surface area contributed by atoms with Gasteiger partial charge in [0.05, 0.1) is 31.9 Å². The van der Waals surface area contributed by atoms with E-state index in [2.05, 4.69) is 36.8 Å². The van der Waals surface area contributed by atoms with Gasteiger partial charge in [0.1, 0.15) is 5.82 Å². The van der Waals surface area contributed by atoms with Gasteiger partial charge >= 0.3 is 0 Å². The highest BCUT2D eigenvalue weighted by Crippen LogP contribution is 2.39. The number of morpholine rings is 1. The normalized spacial score (nSPS) is 17.8. The highest BCUT2D eigenvalue weighted by atomic mass is 16.5. The van der Waals surface area contributed by atoms with Crippen molar-refractivity contribution in [3.63, 3.8) is 0 Å². The van der Waals surface area contributed by atoms with Gasteiger partial charge in [-0.15, -0.1) is 0 Å². The van der Waals surface area contributed by atoms with Gasteiger partial charge in [0, 0.05) is 81.6 Å². The molecule has 0 saturated carbocycles. The quantitative estimate of drug-likeness (QED) is 0.435. The smallest absolute Gasteiger partial charge is 0.228 e. The number of nitrogens with zero attached hydrogens (tertiary/aromatic N) is 8. The van der Waals surface area contributed by atoms with Crippen molar-refractivity contribution in [1.29, 1.82) is 0 Å². The summed E-state index contributed by atoms with van der Waals surface area (Å²) in [5.41, 5.74) is 10.5. The van der Waals surface area contributed by atoms with Crippen molar-refractivity contribution in [2.45, 2.75) is 12.8 Å². The molecular weight excluding hydrogens is 510 g/mol. The van der Waals surface area contributed by atoms with Crippen LogP contribution < -0.4 is 15.5 Å². The van der Waals surface area contributed by atoms with E-state index in [1.165, 1.54) is 0 Å². The highest BCUT2D eigenvalue weighted by Gasteiger charge is 2.29. The summed E-state index contributed by atoms with van der Waals surface area (Å²) < 4.78 is 5.54. The zero-order valence-corrected chi connectivity index (χ0v) is 22.6. The number of benzene rings is 1. The first-order valence-corrected chi connectivity index (χ1v) is 13.9. The fourth-order valence-electron chi connectivity index (χ4n) is 5.54. The maximum absolute atomic E-state index is 12.9. The van der Waals surface area contributed by atoms with Crippen LogP contribution in [0.5, 0.6) is 0 Å². The van der Waals surface area contributed by atoms with Crippen molar-refractivity contribution in [1.82, 2.24) is 29.7 Å². The number of aliphatic hydroxyl groups is 1. The molecule has 40 heavy (non-hydrogen) atoms. The number of β-amino-alcohol motifs (C(OH)–C–C–N with tert-alkyl or cyclic N) is 1. The number of amides is 1. The average molecular weight is 546 g/mol. The number of aromatic nitrogens is 4. The molecule has 12 nitrogen and oxygen atoms in total. The highest BCUT2D eigenvalue weighted by molar-refractivity contribution is 5.80. The SMILES string of the molecule is Nc1ncc(-c2nc(N3CCOCC3)nc3c2CCN3c2ccc(CC(=O)N3CCN(CCO)CC3)cc2)cn1. The number of fused-ring (bicyclic) bond motifs is 1. The molecule has 5 heterocycles. The van der Waals surface area contributed by atoms with E-state index in [-0.39, 0.29) is 18.5 Å². The third kappa shape index (κ3) is 5.55. The Hall–Kier alpha value is -3.87. The van der Waals surface area contributed by atoms with Crippen molar-refractivity contribution in [2.24, 2.45) is 0 Å². The molecule has 3 aromatic rings. The van der Waals surface area contributed by atoms with Crippen LogP contribution in [0.1, 0.15) is 11.1 Å². The minimum absolute atomic E-state index is 0.140. The van der Waals surface area contributed by atoms with Crippen LogP contribution in [0.15, 0.2) is 36.7 Å². The molecule has 3 aliphatic heterocycles. The molecule has 12 heteroatoms. The Morgan fingerprint density at radius 2 is 1.68 bits per heavy atom. The van der Waals surface area contributed by atoms with Gasteiger partial charge in [-0.1, -0.05) is 12.1 Å². The number of carbonyl (C=O) groups is 1. The predicted molar refractivity (Wildman–Crippen MR) is 151 cm³/mol. The van der Waals surface area contributed by atoms with E-state index in [4.69, 9.17) is 25.5 Å². The molecule has 0 bridgehead atoms. The molecule has 6 rings (SSSR count). The summed E-state index contributed by atoms with van der Waals surface area (Å²) in [5, 5.41) is 9.14. The first-order chi connectivity index (χ1) is 19.6. The van der Waals surface area contributed by atoms with Crippen LogP contribution in [0, 0.1) is 0 Å². The van der Waals surface area contributed by atoms with E-state index >= 15 is 0 Å². The van der Waals surface area contributed by atoms with Gasteiger partial charge in [-0.2, -0.15) is 4.98 Å². The van der Waals surface area contributed by atoms with Crippen molar-refractivity contribution in [3.05, 3.63) is 47.8 Å². The molecule has 1 aromatic carbocycles. The number of hydrogen-bond donors (Lipinski definition) is 2. The lowest BCUT2D eigenvalue weighted by Crippen LogP contribution is -2.49. The third-order valence-corrected chi connectivity index (χ3v) is 7.80. The lowest BCUT2D eigenvalue weighted by Gasteiger charge is -2.34. The molecule has 1 amide bonds. The number of nitrogen functional groups attached to an aromatic ring is 1. The molecule has 3 aliphatic rings. The summed E-state index contributed by atoms with van der Waals surface area (Å²) in [7, 11) is 0. The molecule has 2 fully saturated rings. The molecular formula is C28H35N9O3. The van der Waals surface area contributed by atoms with Crippen LogP contribution in [0.4, 0.5) is 23.4 Å². The minimum Gasteiger partial charge on any atom is -0.395 e. The number of ether oxygens (including phenoxy) is 1. The van der Waals surface area contributed by atoms with E-state index in [9.17, 15) is 4.79 Å². The Labute approximate surface area is 233 Å². The van der Waals surface area contributed by atoms with Crippen LogP contribution in [-0.2, 0) is 22.4 Å². The summed E-state index contributed by atoms with van der Waals surface area (Å²) in [6, 6.07) is 8.21. The van der Waals surface area contributed by atoms with E-state index in [1.807, 2.05) is 17.0 Å². The summed E-state index contributed by atoms with van der Waals surface area (Å²) in [6.45, 7) is 7.35. The summed E-state index contributed by atoms with van der Waals surface area (Å²) >= 11 is 0. The second-order valence-electron chi connectivity index (χ2n) is 10.3. The zero-order valence-electron chi connectivity index (χ0n) is 22.6. The Morgan fingerprint density at radius 1 is 0.950 bits per heavy atom. The maximum atomic E-state index is 12.9. The number of nitrogens with two attached hydrogens (primary N) is 1. The van der Waals surface area contributed by atoms with Crippen LogP contribution in [0.3, 0.4) is 0 Å². The molecule has 3 N–H and O–H groups in total. The Morgan fingerprint density at radius 3 is 2.38 bits per heavy atom. The summed E-state index contributed by atoms with van der Waals surface area (Å²) in [6.07, 6.45) is 4.60. The molecule has 0 aliphatic carbocycles. The van der Waals surface area contributed by atoms with Crippen molar-refractivity contribution >= 4 is 29.3 Å². The first-order valence-electron chi connectivity index (χ1n) is 13.9. The Bertz CT molecular complexity index is 1320. The van der Waals surface area contributed by atoms with E-state index in [0.29, 0.717) is 45.2 Å². The largest absolute Gasteiger partial charge is 0.395 e. The van der Waals surface area contributed by atoms with Gasteiger partial charge in [-0.3, -0.25) is 9.69 Å². The Balaban J connectivity index is 1.22. The lowest BCUT2D eigenvalue weighted by atomic mass is 10.1. The van der Waals surface area contributed by atoms with Crippen LogP contribution in [-0.4, -0.2) is 113 Å². The molecule has 0 radical (unpaired) electrons. The fourth-order valence-corrected chi connectivity index (χ4v) is 5.54. The van der Waals surface area contributed by atoms with Gasteiger partial charge < -0.3 is 30.3 Å². The topological polar surface area (TPSA) is 137 Å². The number of piperazine rings is 1. The first kappa shape index (κ1) is 26.4. The fraction of sp³-hybridized carbons (Fsp3) is 0.464. The molecule has 2 aromatic heterocycles. The second kappa shape index (κ2) is 11.7. The Kier molecular flexibility index (Phi) is 7.71.